The number of hydrogen-bond donors (Lipinski definition) is 1. The van der Waals surface area contributed by atoms with E-state index in [9.17, 15) is 14.4 Å². The lowest BCUT2D eigenvalue weighted by Gasteiger charge is -2.33. The molecule has 2 aliphatic heterocycles. The van der Waals surface area contributed by atoms with Crippen molar-refractivity contribution in [1.82, 2.24) is 19.7 Å². The van der Waals surface area contributed by atoms with Gasteiger partial charge in [0.05, 0.1) is 15.7 Å². The monoisotopic (exact) mass is 541 g/mol. The van der Waals surface area contributed by atoms with E-state index in [1.807, 2.05) is 9.88 Å². The summed E-state index contributed by atoms with van der Waals surface area (Å²) in [5, 5.41) is 13.0. The molecule has 2 aromatic carbocycles. The molecule has 1 aromatic heterocycles. The zero-order valence-electron chi connectivity index (χ0n) is 19.5. The van der Waals surface area contributed by atoms with Gasteiger partial charge in [-0.15, -0.1) is 5.10 Å². The van der Waals surface area contributed by atoms with Crippen LogP contribution in [0.4, 0.5) is 0 Å². The topological polar surface area (TPSA) is 130 Å². The average Bonchev–Trinajstić information content (AvgIpc) is 2.88. The van der Waals surface area contributed by atoms with Gasteiger partial charge in [0.25, 0.3) is 11.5 Å². The number of aromatic amines is 1. The zero-order valence-corrected chi connectivity index (χ0v) is 21.0. The number of halogens is 2. The Morgan fingerprint density at radius 1 is 1.14 bits per heavy atom. The molecule has 12 heteroatoms. The molecule has 3 heterocycles. The van der Waals surface area contributed by atoms with E-state index in [4.69, 9.17) is 37.9 Å². The van der Waals surface area contributed by atoms with Crippen LogP contribution in [0.3, 0.4) is 0 Å². The second-order valence-electron chi connectivity index (χ2n) is 8.85. The molecule has 0 atom stereocenters. The first-order valence-electron chi connectivity index (χ1n) is 11.6. The fraction of sp³-hybridized carbons (Fsp3) is 0.320. The Balaban J connectivity index is 1.36. The first-order valence-corrected chi connectivity index (χ1v) is 12.4. The summed E-state index contributed by atoms with van der Waals surface area (Å²) >= 11 is 12.8. The van der Waals surface area contributed by atoms with Crippen molar-refractivity contribution in [2.24, 2.45) is 5.92 Å². The molecule has 1 saturated heterocycles. The quantitative estimate of drug-likeness (QED) is 0.524. The minimum absolute atomic E-state index is 0.00953. The molecule has 1 fully saturated rings. The molecule has 0 spiro atoms. The van der Waals surface area contributed by atoms with Gasteiger partial charge >= 0.3 is 5.69 Å². The van der Waals surface area contributed by atoms with Gasteiger partial charge in [-0.25, -0.2) is 4.79 Å². The third-order valence-corrected chi connectivity index (χ3v) is 7.01. The maximum atomic E-state index is 13.1. The van der Waals surface area contributed by atoms with Crippen molar-refractivity contribution in [1.29, 1.82) is 5.26 Å². The summed E-state index contributed by atoms with van der Waals surface area (Å²) in [7, 11) is 0. The SMILES string of the molecule is N#Cc1nn(-c2cc(Cl)c(Oc3ccc4c(c3)CCN(CC3CCOCC3)C4=O)c(Cl)c2)c(=O)[nH]c1=O. The highest BCUT2D eigenvalue weighted by atomic mass is 35.5. The number of nitrogens with one attached hydrogen (secondary N) is 1. The predicted molar refractivity (Wildman–Crippen MR) is 135 cm³/mol. The van der Waals surface area contributed by atoms with Crippen LogP contribution in [0, 0.1) is 17.2 Å². The fourth-order valence-corrected chi connectivity index (χ4v) is 5.08. The Morgan fingerprint density at radius 2 is 1.86 bits per heavy atom. The van der Waals surface area contributed by atoms with E-state index in [-0.39, 0.29) is 27.4 Å². The molecule has 0 unspecified atom stereocenters. The number of H-pyrrole nitrogens is 1. The second kappa shape index (κ2) is 10.4. The minimum atomic E-state index is -0.890. The standard InChI is InChI=1S/C25H21Cl2N5O5/c26-19-10-16(32-25(35)29-23(33)21(12-28)30-32)11-20(27)22(19)37-17-1-2-18-15(9-17)3-6-31(24(18)34)13-14-4-7-36-8-5-14/h1-2,9-11,14H,3-8,13H2,(H,29,33,35). The van der Waals surface area contributed by atoms with Crippen LogP contribution in [-0.4, -0.2) is 51.9 Å². The first kappa shape index (κ1) is 25.0. The Hall–Kier alpha value is -3.65. The number of fused-ring (bicyclic) bond motifs is 1. The number of rotatable bonds is 5. The molecule has 5 rings (SSSR count). The lowest BCUT2D eigenvalue weighted by Crippen LogP contribution is -2.41. The molecular formula is C25H21Cl2N5O5. The Morgan fingerprint density at radius 3 is 2.57 bits per heavy atom. The van der Waals surface area contributed by atoms with Crippen LogP contribution in [0.25, 0.3) is 5.69 Å². The maximum Gasteiger partial charge on any atom is 0.349 e. The molecule has 0 bridgehead atoms. The van der Waals surface area contributed by atoms with Gasteiger partial charge in [0, 0.05) is 31.9 Å². The van der Waals surface area contributed by atoms with E-state index in [0.29, 0.717) is 30.2 Å². The zero-order chi connectivity index (χ0) is 26.1. The molecule has 2 aliphatic rings. The maximum absolute atomic E-state index is 13.1. The van der Waals surface area contributed by atoms with Crippen molar-refractivity contribution < 1.29 is 14.3 Å². The van der Waals surface area contributed by atoms with Crippen molar-refractivity contribution in [3.63, 3.8) is 0 Å². The summed E-state index contributed by atoms with van der Waals surface area (Å²) in [5.41, 5.74) is -0.561. The van der Waals surface area contributed by atoms with Gasteiger partial charge in [-0.3, -0.25) is 14.6 Å². The van der Waals surface area contributed by atoms with Crippen LogP contribution >= 0.6 is 23.2 Å². The molecular weight excluding hydrogens is 521 g/mol. The number of carbonyl (C=O) groups excluding carboxylic acids is 1. The van der Waals surface area contributed by atoms with Gasteiger partial charge < -0.3 is 14.4 Å². The molecule has 1 amide bonds. The summed E-state index contributed by atoms with van der Waals surface area (Å²) in [6, 6.07) is 9.61. The Kier molecular flexibility index (Phi) is 7.02. The van der Waals surface area contributed by atoms with E-state index in [1.165, 1.54) is 12.1 Å². The van der Waals surface area contributed by atoms with E-state index in [0.717, 1.165) is 42.8 Å². The summed E-state index contributed by atoms with van der Waals surface area (Å²) in [4.78, 5) is 40.8. The normalized spacial score (nSPS) is 15.8. The van der Waals surface area contributed by atoms with Crippen LogP contribution in [0.15, 0.2) is 39.9 Å². The van der Waals surface area contributed by atoms with Crippen LogP contribution in [0.5, 0.6) is 11.5 Å². The molecule has 0 saturated carbocycles. The van der Waals surface area contributed by atoms with Crippen LogP contribution in [-0.2, 0) is 11.2 Å². The molecule has 37 heavy (non-hydrogen) atoms. The number of aromatic nitrogens is 3. The molecule has 0 radical (unpaired) electrons. The third-order valence-electron chi connectivity index (χ3n) is 6.45. The summed E-state index contributed by atoms with van der Waals surface area (Å²) in [5.74, 6) is 1.07. The smallest absolute Gasteiger partial charge is 0.349 e. The summed E-state index contributed by atoms with van der Waals surface area (Å²) in [6.07, 6.45) is 2.64. The first-order chi connectivity index (χ1) is 17.8. The fourth-order valence-electron chi connectivity index (χ4n) is 4.52. The van der Waals surface area contributed by atoms with Crippen molar-refractivity contribution in [2.45, 2.75) is 19.3 Å². The van der Waals surface area contributed by atoms with Crippen molar-refractivity contribution in [3.8, 4) is 23.3 Å². The molecule has 0 aliphatic carbocycles. The number of nitrogens with zero attached hydrogens (tertiary/aromatic N) is 4. The Bertz CT molecular complexity index is 1510. The number of carbonyl (C=O) groups is 1. The largest absolute Gasteiger partial charge is 0.454 e. The van der Waals surface area contributed by atoms with E-state index < -0.39 is 16.9 Å². The minimum Gasteiger partial charge on any atom is -0.454 e. The molecule has 10 nitrogen and oxygen atoms in total. The molecule has 3 aromatic rings. The van der Waals surface area contributed by atoms with Gasteiger partial charge in [0.1, 0.15) is 11.8 Å². The highest BCUT2D eigenvalue weighted by Crippen LogP contribution is 2.39. The van der Waals surface area contributed by atoms with Gasteiger partial charge in [0.15, 0.2) is 5.75 Å². The van der Waals surface area contributed by atoms with E-state index in [2.05, 4.69) is 5.10 Å². The van der Waals surface area contributed by atoms with E-state index in [1.54, 1.807) is 24.3 Å². The summed E-state index contributed by atoms with van der Waals surface area (Å²) < 4.78 is 12.2. The lowest BCUT2D eigenvalue weighted by atomic mass is 9.95. The van der Waals surface area contributed by atoms with Crippen LogP contribution < -0.4 is 16.0 Å². The summed E-state index contributed by atoms with van der Waals surface area (Å²) in [6.45, 7) is 2.86. The highest BCUT2D eigenvalue weighted by molar-refractivity contribution is 6.37. The van der Waals surface area contributed by atoms with Crippen molar-refractivity contribution >= 4 is 29.1 Å². The van der Waals surface area contributed by atoms with Crippen LogP contribution in [0.1, 0.15) is 34.5 Å². The van der Waals surface area contributed by atoms with Crippen molar-refractivity contribution in [2.75, 3.05) is 26.3 Å². The highest BCUT2D eigenvalue weighted by Gasteiger charge is 2.28. The third kappa shape index (κ3) is 5.11. The van der Waals surface area contributed by atoms with Gasteiger partial charge in [-0.2, -0.15) is 9.94 Å². The van der Waals surface area contributed by atoms with Crippen LogP contribution in [0.2, 0.25) is 10.0 Å². The predicted octanol–water partition coefficient (Wildman–Crippen LogP) is 3.32. The number of amides is 1. The van der Waals surface area contributed by atoms with Gasteiger partial charge in [0.2, 0.25) is 5.69 Å². The molecule has 190 valence electrons. The molecule has 1 N–H and O–H groups in total. The Labute approximate surface area is 220 Å². The lowest BCUT2D eigenvalue weighted by molar-refractivity contribution is 0.0449. The second-order valence-corrected chi connectivity index (χ2v) is 9.66. The number of benzene rings is 2. The number of ether oxygens (including phenoxy) is 2. The van der Waals surface area contributed by atoms with Gasteiger partial charge in [-0.05, 0) is 61.1 Å². The van der Waals surface area contributed by atoms with Crippen molar-refractivity contribution in [3.05, 3.63) is 78.0 Å². The van der Waals surface area contributed by atoms with E-state index >= 15 is 0 Å². The number of nitriles is 1. The number of hydrogen-bond acceptors (Lipinski definition) is 7. The van der Waals surface area contributed by atoms with Gasteiger partial charge in [-0.1, -0.05) is 23.2 Å². The average molecular weight is 542 g/mol.